The van der Waals surface area contributed by atoms with Gasteiger partial charge in [0, 0.05) is 28.2 Å². The van der Waals surface area contributed by atoms with Crippen LogP contribution in [-0.2, 0) is 0 Å². The Hall–Kier alpha value is -2.87. The number of H-pyrrole nitrogens is 1. The zero-order valence-electron chi connectivity index (χ0n) is 10.6. The topological polar surface area (TPSA) is 88.3 Å². The molecule has 0 radical (unpaired) electrons. The number of nitrogens with zero attached hydrogens (tertiary/aromatic N) is 3. The van der Waals surface area contributed by atoms with Crippen molar-refractivity contribution in [2.75, 3.05) is 5.32 Å². The van der Waals surface area contributed by atoms with Crippen LogP contribution in [0, 0.1) is 10.1 Å². The maximum absolute atomic E-state index is 11.3. The van der Waals surface area contributed by atoms with Crippen molar-refractivity contribution in [2.24, 2.45) is 0 Å². The number of fused-ring (bicyclic) bond motifs is 2. The van der Waals surface area contributed by atoms with E-state index in [1.807, 2.05) is 30.5 Å². The summed E-state index contributed by atoms with van der Waals surface area (Å²) in [7, 11) is 0. The van der Waals surface area contributed by atoms with Crippen molar-refractivity contribution in [1.29, 1.82) is 0 Å². The molecule has 0 saturated carbocycles. The zero-order chi connectivity index (χ0) is 14.4. The minimum absolute atomic E-state index is 0.0552. The first-order valence-electron chi connectivity index (χ1n) is 6.16. The molecule has 0 atom stereocenters. The van der Waals surface area contributed by atoms with Gasteiger partial charge in [0.1, 0.15) is 6.20 Å². The number of benzene rings is 1. The Balaban J connectivity index is 1.80. The predicted molar refractivity (Wildman–Crippen MR) is 81.3 cm³/mol. The van der Waals surface area contributed by atoms with Crippen LogP contribution in [0.25, 0.3) is 15.9 Å². The molecule has 4 rings (SSSR count). The normalized spacial score (nSPS) is 11.2. The molecule has 2 N–H and O–H groups in total. The lowest BCUT2D eigenvalue weighted by atomic mass is 10.2. The maximum Gasteiger partial charge on any atom is 0.373 e. The molecular weight excluding hydrogens is 290 g/mol. The van der Waals surface area contributed by atoms with Crippen molar-refractivity contribution in [3.63, 3.8) is 0 Å². The number of anilines is 2. The molecule has 0 saturated heterocycles. The summed E-state index contributed by atoms with van der Waals surface area (Å²) in [5.74, 6) is 0.196. The van der Waals surface area contributed by atoms with Crippen LogP contribution in [0.2, 0.25) is 0 Å². The predicted octanol–water partition coefficient (Wildman–Crippen LogP) is 3.53. The molecule has 0 spiro atoms. The molecule has 1 aromatic carbocycles. The van der Waals surface area contributed by atoms with E-state index in [4.69, 9.17) is 0 Å². The third-order valence-corrected chi connectivity index (χ3v) is 3.98. The van der Waals surface area contributed by atoms with Crippen LogP contribution in [-0.4, -0.2) is 19.3 Å². The number of rotatable bonds is 3. The zero-order valence-corrected chi connectivity index (χ0v) is 11.4. The Bertz CT molecular complexity index is 967. The molecular formula is C13H9N5O2S. The average Bonchev–Trinajstić information content (AvgIpc) is 3.11. The van der Waals surface area contributed by atoms with E-state index in [-0.39, 0.29) is 11.6 Å². The molecule has 104 valence electrons. The molecule has 8 heteroatoms. The van der Waals surface area contributed by atoms with Crippen molar-refractivity contribution in [1.82, 2.24) is 14.4 Å². The van der Waals surface area contributed by atoms with E-state index in [1.54, 1.807) is 11.6 Å². The van der Waals surface area contributed by atoms with Crippen LogP contribution in [0.4, 0.5) is 17.3 Å². The Kier molecular flexibility index (Phi) is 2.45. The van der Waals surface area contributed by atoms with E-state index in [1.165, 1.54) is 15.7 Å². The van der Waals surface area contributed by atoms with E-state index < -0.39 is 4.92 Å². The first-order valence-corrected chi connectivity index (χ1v) is 7.04. The van der Waals surface area contributed by atoms with E-state index in [0.29, 0.717) is 4.96 Å². The Morgan fingerprint density at radius 3 is 3.14 bits per heavy atom. The summed E-state index contributed by atoms with van der Waals surface area (Å²) >= 11 is 1.36. The van der Waals surface area contributed by atoms with Crippen molar-refractivity contribution in [3.8, 4) is 0 Å². The smallest absolute Gasteiger partial charge is 0.361 e. The minimum Gasteiger partial charge on any atom is -0.361 e. The van der Waals surface area contributed by atoms with E-state index in [2.05, 4.69) is 15.3 Å². The lowest BCUT2D eigenvalue weighted by Gasteiger charge is -2.03. The molecule has 0 fully saturated rings. The van der Waals surface area contributed by atoms with Gasteiger partial charge in [-0.15, -0.1) is 0 Å². The van der Waals surface area contributed by atoms with E-state index in [0.717, 1.165) is 16.6 Å². The maximum atomic E-state index is 11.3. The second kappa shape index (κ2) is 4.32. The number of nitrogens with one attached hydrogen (secondary N) is 2. The van der Waals surface area contributed by atoms with Crippen molar-refractivity contribution in [2.45, 2.75) is 0 Å². The number of hydrogen-bond donors (Lipinski definition) is 2. The van der Waals surface area contributed by atoms with Crippen LogP contribution >= 0.6 is 11.3 Å². The number of nitro groups is 1. The Labute approximate surface area is 122 Å². The molecule has 21 heavy (non-hydrogen) atoms. The van der Waals surface area contributed by atoms with Crippen molar-refractivity contribution >= 4 is 44.5 Å². The first-order chi connectivity index (χ1) is 10.2. The third-order valence-electron chi connectivity index (χ3n) is 3.23. The van der Waals surface area contributed by atoms with E-state index >= 15 is 0 Å². The molecule has 4 aromatic rings. The number of aromatic nitrogens is 3. The second-order valence-electron chi connectivity index (χ2n) is 4.50. The van der Waals surface area contributed by atoms with Gasteiger partial charge >= 0.3 is 5.82 Å². The van der Waals surface area contributed by atoms with Crippen LogP contribution < -0.4 is 5.32 Å². The van der Waals surface area contributed by atoms with Crippen LogP contribution in [0.3, 0.4) is 0 Å². The highest BCUT2D eigenvalue weighted by Gasteiger charge is 2.23. The lowest BCUT2D eigenvalue weighted by Crippen LogP contribution is -1.98. The summed E-state index contributed by atoms with van der Waals surface area (Å²) in [5, 5.41) is 17.1. The van der Waals surface area contributed by atoms with Gasteiger partial charge in [-0.3, -0.25) is 0 Å². The molecule has 0 aliphatic carbocycles. The summed E-state index contributed by atoms with van der Waals surface area (Å²) in [6.07, 6.45) is 3.50. The molecule has 0 aliphatic heterocycles. The van der Waals surface area contributed by atoms with Gasteiger partial charge < -0.3 is 20.4 Å². The minimum atomic E-state index is -0.427. The summed E-state index contributed by atoms with van der Waals surface area (Å²) in [5.41, 5.74) is 1.77. The number of aromatic amines is 1. The lowest BCUT2D eigenvalue weighted by molar-refractivity contribution is -0.389. The monoisotopic (exact) mass is 299 g/mol. The fraction of sp³-hybridized carbons (Fsp3) is 0. The quantitative estimate of drug-likeness (QED) is 0.447. The van der Waals surface area contributed by atoms with Gasteiger partial charge in [-0.05, 0) is 29.2 Å². The summed E-state index contributed by atoms with van der Waals surface area (Å²) in [4.78, 5) is 18.8. The van der Waals surface area contributed by atoms with Gasteiger partial charge in [-0.2, -0.15) is 9.38 Å². The summed E-state index contributed by atoms with van der Waals surface area (Å²) < 4.78 is 1.47. The van der Waals surface area contributed by atoms with Gasteiger partial charge in [0.05, 0.1) is 0 Å². The molecule has 0 aliphatic rings. The van der Waals surface area contributed by atoms with Crippen molar-refractivity contribution < 1.29 is 4.92 Å². The number of hydrogen-bond acceptors (Lipinski definition) is 5. The Morgan fingerprint density at radius 1 is 1.38 bits per heavy atom. The number of imidazole rings is 1. The van der Waals surface area contributed by atoms with Crippen LogP contribution in [0.5, 0.6) is 0 Å². The van der Waals surface area contributed by atoms with Gasteiger partial charge in [0.2, 0.25) is 5.82 Å². The second-order valence-corrected chi connectivity index (χ2v) is 5.37. The fourth-order valence-corrected chi connectivity index (χ4v) is 3.01. The van der Waals surface area contributed by atoms with Gasteiger partial charge in [0.25, 0.3) is 4.96 Å². The SMILES string of the molecule is O=[N+]([O-])c1c(Nc2ccc3[nH]ccc3c2)nc2sccn12. The van der Waals surface area contributed by atoms with Crippen molar-refractivity contribution in [3.05, 3.63) is 52.2 Å². The third kappa shape index (κ3) is 1.84. The van der Waals surface area contributed by atoms with Crippen LogP contribution in [0.1, 0.15) is 0 Å². The fourth-order valence-electron chi connectivity index (χ4n) is 2.30. The highest BCUT2D eigenvalue weighted by atomic mass is 32.1. The standard InChI is InChI=1S/C13H9N5O2S/c19-18(20)12-11(16-13-17(12)5-6-21-13)15-9-1-2-10-8(7-9)3-4-14-10/h1-7,14-15H. The van der Waals surface area contributed by atoms with Gasteiger partial charge in [-0.25, -0.2) is 0 Å². The highest BCUT2D eigenvalue weighted by Crippen LogP contribution is 2.31. The largest absolute Gasteiger partial charge is 0.373 e. The average molecular weight is 299 g/mol. The number of thiazole rings is 1. The molecule has 3 heterocycles. The molecule has 3 aromatic heterocycles. The van der Waals surface area contributed by atoms with Gasteiger partial charge in [-0.1, -0.05) is 11.3 Å². The molecule has 0 unspecified atom stereocenters. The molecule has 0 amide bonds. The molecule has 0 bridgehead atoms. The summed E-state index contributed by atoms with van der Waals surface area (Å²) in [6.45, 7) is 0. The Morgan fingerprint density at radius 2 is 2.29 bits per heavy atom. The summed E-state index contributed by atoms with van der Waals surface area (Å²) in [6, 6.07) is 7.64. The first kappa shape index (κ1) is 11.9. The van der Waals surface area contributed by atoms with E-state index in [9.17, 15) is 10.1 Å². The molecule has 7 nitrogen and oxygen atoms in total. The van der Waals surface area contributed by atoms with Gasteiger partial charge in [0.15, 0.2) is 0 Å². The highest BCUT2D eigenvalue weighted by molar-refractivity contribution is 7.15. The van der Waals surface area contributed by atoms with Crippen LogP contribution in [0.15, 0.2) is 42.0 Å².